The fourth-order valence-corrected chi connectivity index (χ4v) is 2.62. The summed E-state index contributed by atoms with van der Waals surface area (Å²) in [5.41, 5.74) is 2.62. The first kappa shape index (κ1) is 16.9. The molecule has 25 heavy (non-hydrogen) atoms. The molecule has 0 bridgehead atoms. The predicted molar refractivity (Wildman–Crippen MR) is 101 cm³/mol. The van der Waals surface area contributed by atoms with Gasteiger partial charge in [-0.15, -0.1) is 0 Å². The minimum Gasteiger partial charge on any atom is -0.357 e. The summed E-state index contributed by atoms with van der Waals surface area (Å²) >= 11 is 0. The van der Waals surface area contributed by atoms with Gasteiger partial charge in [-0.1, -0.05) is 30.3 Å². The lowest BCUT2D eigenvalue weighted by molar-refractivity contribution is 0.628. The first-order chi connectivity index (χ1) is 12.2. The number of nitrogens with zero attached hydrogens (tertiary/aromatic N) is 3. The van der Waals surface area contributed by atoms with E-state index in [1.54, 1.807) is 12.1 Å². The van der Waals surface area contributed by atoms with Crippen molar-refractivity contribution in [2.45, 2.75) is 13.8 Å². The summed E-state index contributed by atoms with van der Waals surface area (Å²) in [5.74, 6) is 1.09. The molecular weight excluding hydrogens is 315 g/mol. The van der Waals surface area contributed by atoms with Gasteiger partial charge in [0.2, 0.25) is 5.95 Å². The molecule has 0 atom stereocenters. The van der Waals surface area contributed by atoms with Crippen LogP contribution in [-0.4, -0.2) is 23.1 Å². The monoisotopic (exact) mass is 336 g/mol. The summed E-state index contributed by atoms with van der Waals surface area (Å²) < 4.78 is 13.1. The molecule has 0 aliphatic carbocycles. The molecule has 1 heterocycles. The van der Waals surface area contributed by atoms with Crippen molar-refractivity contribution in [3.8, 4) is 11.3 Å². The van der Waals surface area contributed by atoms with E-state index < -0.39 is 0 Å². The Morgan fingerprint density at radius 2 is 1.60 bits per heavy atom. The molecule has 5 heteroatoms. The van der Waals surface area contributed by atoms with Crippen LogP contribution in [0, 0.1) is 5.82 Å². The number of nitrogens with one attached hydrogen (secondary N) is 1. The Labute approximate surface area is 147 Å². The molecule has 0 fully saturated rings. The van der Waals surface area contributed by atoms with E-state index in [2.05, 4.69) is 34.0 Å². The second-order valence-corrected chi connectivity index (χ2v) is 5.61. The predicted octanol–water partition coefficient (Wildman–Crippen LogP) is 4.87. The molecule has 3 aromatic rings. The van der Waals surface area contributed by atoms with Crippen molar-refractivity contribution in [3.05, 3.63) is 66.5 Å². The molecule has 0 aliphatic heterocycles. The summed E-state index contributed by atoms with van der Waals surface area (Å²) in [6, 6.07) is 18.2. The second kappa shape index (κ2) is 7.75. The summed E-state index contributed by atoms with van der Waals surface area (Å²) in [5, 5.41) is 3.17. The van der Waals surface area contributed by atoms with Crippen LogP contribution in [0.4, 0.5) is 21.8 Å². The van der Waals surface area contributed by atoms with Gasteiger partial charge in [0.05, 0.1) is 5.69 Å². The standard InChI is InChI=1S/C20H21FN4/c1-3-25(4-2)19-14-18(15-8-6-5-7-9-15)23-20(24-19)22-17-12-10-16(21)11-13-17/h5-14H,3-4H2,1-2H3,(H,22,23,24). The quantitative estimate of drug-likeness (QED) is 0.697. The van der Waals surface area contributed by atoms with Gasteiger partial charge in [-0.25, -0.2) is 9.37 Å². The van der Waals surface area contributed by atoms with Crippen molar-refractivity contribution < 1.29 is 4.39 Å². The van der Waals surface area contributed by atoms with Gasteiger partial charge in [0.15, 0.2) is 0 Å². The minimum absolute atomic E-state index is 0.270. The number of halogens is 1. The summed E-state index contributed by atoms with van der Waals surface area (Å²) in [6.07, 6.45) is 0. The second-order valence-electron chi connectivity index (χ2n) is 5.61. The van der Waals surface area contributed by atoms with Gasteiger partial charge >= 0.3 is 0 Å². The van der Waals surface area contributed by atoms with E-state index in [9.17, 15) is 4.39 Å². The first-order valence-corrected chi connectivity index (χ1v) is 8.41. The van der Waals surface area contributed by atoms with Gasteiger partial charge in [-0.05, 0) is 38.1 Å². The fourth-order valence-electron chi connectivity index (χ4n) is 2.62. The molecule has 2 aromatic carbocycles. The van der Waals surface area contributed by atoms with E-state index in [4.69, 9.17) is 0 Å². The summed E-state index contributed by atoms with van der Waals surface area (Å²) in [7, 11) is 0. The zero-order chi connectivity index (χ0) is 17.6. The Morgan fingerprint density at radius 3 is 2.24 bits per heavy atom. The maximum atomic E-state index is 13.1. The highest BCUT2D eigenvalue weighted by atomic mass is 19.1. The molecule has 4 nitrogen and oxygen atoms in total. The van der Waals surface area contributed by atoms with E-state index in [1.165, 1.54) is 12.1 Å². The average molecular weight is 336 g/mol. The highest BCUT2D eigenvalue weighted by Gasteiger charge is 2.11. The SMILES string of the molecule is CCN(CC)c1cc(-c2ccccc2)nc(Nc2ccc(F)cc2)n1. The highest BCUT2D eigenvalue weighted by molar-refractivity contribution is 5.66. The number of aromatic nitrogens is 2. The van der Waals surface area contributed by atoms with Crippen LogP contribution in [0.1, 0.15) is 13.8 Å². The highest BCUT2D eigenvalue weighted by Crippen LogP contribution is 2.25. The molecule has 1 aromatic heterocycles. The van der Waals surface area contributed by atoms with Crippen molar-refractivity contribution in [2.75, 3.05) is 23.3 Å². The van der Waals surface area contributed by atoms with Gasteiger partial charge in [0, 0.05) is 30.4 Å². The van der Waals surface area contributed by atoms with E-state index in [0.29, 0.717) is 5.95 Å². The third-order valence-corrected chi connectivity index (χ3v) is 3.97. The molecule has 0 radical (unpaired) electrons. The van der Waals surface area contributed by atoms with Crippen LogP contribution < -0.4 is 10.2 Å². The third kappa shape index (κ3) is 4.12. The Bertz CT molecular complexity index is 815. The van der Waals surface area contributed by atoms with Crippen LogP contribution in [0.25, 0.3) is 11.3 Å². The molecule has 128 valence electrons. The van der Waals surface area contributed by atoms with Crippen molar-refractivity contribution >= 4 is 17.5 Å². The first-order valence-electron chi connectivity index (χ1n) is 8.41. The van der Waals surface area contributed by atoms with Gasteiger partial charge in [0.1, 0.15) is 11.6 Å². The van der Waals surface area contributed by atoms with Crippen molar-refractivity contribution in [1.29, 1.82) is 0 Å². The lowest BCUT2D eigenvalue weighted by Crippen LogP contribution is -2.23. The van der Waals surface area contributed by atoms with Crippen molar-refractivity contribution in [1.82, 2.24) is 9.97 Å². The van der Waals surface area contributed by atoms with Crippen LogP contribution in [0.15, 0.2) is 60.7 Å². The topological polar surface area (TPSA) is 41.1 Å². The average Bonchev–Trinajstić information content (AvgIpc) is 2.65. The van der Waals surface area contributed by atoms with E-state index in [0.717, 1.165) is 35.9 Å². The maximum Gasteiger partial charge on any atom is 0.229 e. The molecule has 0 saturated carbocycles. The Hall–Kier alpha value is -2.95. The van der Waals surface area contributed by atoms with Crippen LogP contribution in [0.2, 0.25) is 0 Å². The van der Waals surface area contributed by atoms with Gasteiger partial charge < -0.3 is 10.2 Å². The smallest absolute Gasteiger partial charge is 0.229 e. The normalized spacial score (nSPS) is 10.5. The Balaban J connectivity index is 2.01. The fraction of sp³-hybridized carbons (Fsp3) is 0.200. The number of hydrogen-bond acceptors (Lipinski definition) is 4. The number of hydrogen-bond donors (Lipinski definition) is 1. The lowest BCUT2D eigenvalue weighted by Gasteiger charge is -2.21. The van der Waals surface area contributed by atoms with Crippen molar-refractivity contribution in [2.24, 2.45) is 0 Å². The Morgan fingerprint density at radius 1 is 0.920 bits per heavy atom. The molecule has 0 unspecified atom stereocenters. The molecule has 0 spiro atoms. The van der Waals surface area contributed by atoms with Crippen LogP contribution in [-0.2, 0) is 0 Å². The Kier molecular flexibility index (Phi) is 5.23. The van der Waals surface area contributed by atoms with Crippen LogP contribution in [0.5, 0.6) is 0 Å². The third-order valence-electron chi connectivity index (χ3n) is 3.97. The molecule has 0 saturated heterocycles. The van der Waals surface area contributed by atoms with E-state index in [-0.39, 0.29) is 5.82 Å². The molecular formula is C20H21FN4. The number of anilines is 3. The molecule has 0 amide bonds. The van der Waals surface area contributed by atoms with Crippen LogP contribution >= 0.6 is 0 Å². The molecule has 3 rings (SSSR count). The van der Waals surface area contributed by atoms with Gasteiger partial charge in [-0.3, -0.25) is 0 Å². The number of benzene rings is 2. The van der Waals surface area contributed by atoms with Crippen LogP contribution in [0.3, 0.4) is 0 Å². The molecule has 1 N–H and O–H groups in total. The largest absolute Gasteiger partial charge is 0.357 e. The van der Waals surface area contributed by atoms with E-state index >= 15 is 0 Å². The van der Waals surface area contributed by atoms with Gasteiger partial charge in [0.25, 0.3) is 0 Å². The minimum atomic E-state index is -0.270. The zero-order valence-electron chi connectivity index (χ0n) is 14.4. The molecule has 0 aliphatic rings. The van der Waals surface area contributed by atoms with Gasteiger partial charge in [-0.2, -0.15) is 4.98 Å². The lowest BCUT2D eigenvalue weighted by atomic mass is 10.1. The number of rotatable bonds is 6. The van der Waals surface area contributed by atoms with Crippen molar-refractivity contribution in [3.63, 3.8) is 0 Å². The summed E-state index contributed by atoms with van der Waals surface area (Å²) in [4.78, 5) is 11.4. The van der Waals surface area contributed by atoms with E-state index in [1.807, 2.05) is 36.4 Å². The zero-order valence-corrected chi connectivity index (χ0v) is 14.4. The maximum absolute atomic E-state index is 13.1. The summed E-state index contributed by atoms with van der Waals surface area (Å²) in [6.45, 7) is 5.91.